The zero-order chi connectivity index (χ0) is 26.9. The van der Waals surface area contributed by atoms with Gasteiger partial charge in [-0.3, -0.25) is 9.59 Å². The highest BCUT2D eigenvalue weighted by molar-refractivity contribution is 7.90. The molecule has 0 unspecified atom stereocenters. The molecular formula is C27H27F2N3O4S. The zero-order valence-electron chi connectivity index (χ0n) is 20.7. The molecule has 1 saturated heterocycles. The second-order valence-corrected chi connectivity index (χ2v) is 11.0. The van der Waals surface area contributed by atoms with Gasteiger partial charge in [0.1, 0.15) is 11.6 Å². The topological polar surface area (TPSA) is 78.0 Å². The lowest BCUT2D eigenvalue weighted by atomic mass is 9.98. The molecule has 0 aromatic heterocycles. The third-order valence-electron chi connectivity index (χ3n) is 6.50. The van der Waals surface area contributed by atoms with E-state index in [0.717, 1.165) is 6.26 Å². The molecule has 2 amide bonds. The quantitative estimate of drug-likeness (QED) is 0.502. The van der Waals surface area contributed by atoms with Gasteiger partial charge in [-0.25, -0.2) is 17.2 Å². The SMILES string of the molecule is CC(=O)N(C)c1ccc(N2CCN(C(=O)c3cc(S(C)(=O)=O)ccc3-c3ccc(F)cc3)CC2)c(F)c1. The monoisotopic (exact) mass is 527 g/mol. The van der Waals surface area contributed by atoms with Crippen molar-refractivity contribution in [3.05, 3.63) is 77.9 Å². The van der Waals surface area contributed by atoms with E-state index in [1.165, 1.54) is 54.3 Å². The summed E-state index contributed by atoms with van der Waals surface area (Å²) < 4.78 is 52.7. The Balaban J connectivity index is 1.57. The minimum Gasteiger partial charge on any atom is -0.366 e. The van der Waals surface area contributed by atoms with Crippen molar-refractivity contribution in [2.45, 2.75) is 11.8 Å². The van der Waals surface area contributed by atoms with E-state index in [4.69, 9.17) is 0 Å². The number of rotatable bonds is 5. The van der Waals surface area contributed by atoms with E-state index in [0.29, 0.717) is 48.7 Å². The lowest BCUT2D eigenvalue weighted by Gasteiger charge is -2.36. The zero-order valence-corrected chi connectivity index (χ0v) is 21.6. The van der Waals surface area contributed by atoms with Gasteiger partial charge < -0.3 is 14.7 Å². The van der Waals surface area contributed by atoms with Gasteiger partial charge in [-0.2, -0.15) is 0 Å². The van der Waals surface area contributed by atoms with E-state index in [2.05, 4.69) is 0 Å². The van der Waals surface area contributed by atoms with Crippen LogP contribution in [-0.4, -0.2) is 64.6 Å². The summed E-state index contributed by atoms with van der Waals surface area (Å²) in [5.74, 6) is -1.46. The molecule has 1 heterocycles. The molecule has 4 rings (SSSR count). The molecule has 3 aromatic carbocycles. The molecule has 7 nitrogen and oxygen atoms in total. The Morgan fingerprint density at radius 1 is 0.892 bits per heavy atom. The van der Waals surface area contributed by atoms with E-state index in [9.17, 15) is 26.8 Å². The molecule has 194 valence electrons. The lowest BCUT2D eigenvalue weighted by molar-refractivity contribution is -0.116. The number of benzene rings is 3. The minimum atomic E-state index is -3.57. The summed E-state index contributed by atoms with van der Waals surface area (Å²) in [4.78, 5) is 29.9. The van der Waals surface area contributed by atoms with Crippen LogP contribution in [0.3, 0.4) is 0 Å². The van der Waals surface area contributed by atoms with Crippen LogP contribution in [0, 0.1) is 11.6 Å². The number of hydrogen-bond acceptors (Lipinski definition) is 5. The summed E-state index contributed by atoms with van der Waals surface area (Å²) >= 11 is 0. The number of halogens is 2. The van der Waals surface area contributed by atoms with Crippen LogP contribution >= 0.6 is 0 Å². The van der Waals surface area contributed by atoms with Crippen LogP contribution in [0.5, 0.6) is 0 Å². The molecule has 0 atom stereocenters. The molecule has 0 spiro atoms. The summed E-state index contributed by atoms with van der Waals surface area (Å²) in [7, 11) is -2.00. The molecule has 1 fully saturated rings. The summed E-state index contributed by atoms with van der Waals surface area (Å²) in [6, 6.07) is 14.6. The van der Waals surface area contributed by atoms with Gasteiger partial charge in [0.15, 0.2) is 9.84 Å². The van der Waals surface area contributed by atoms with Crippen LogP contribution in [0.15, 0.2) is 65.6 Å². The Labute approximate surface area is 214 Å². The van der Waals surface area contributed by atoms with Gasteiger partial charge in [-0.1, -0.05) is 18.2 Å². The van der Waals surface area contributed by atoms with Gasteiger partial charge in [-0.15, -0.1) is 0 Å². The highest BCUT2D eigenvalue weighted by atomic mass is 32.2. The normalized spacial score (nSPS) is 14.0. The molecule has 0 aliphatic carbocycles. The molecule has 0 saturated carbocycles. The fraction of sp³-hybridized carbons (Fsp3) is 0.259. The molecular weight excluding hydrogens is 500 g/mol. The summed E-state index contributed by atoms with van der Waals surface area (Å²) in [5.41, 5.74) is 2.10. The molecule has 10 heteroatoms. The Morgan fingerprint density at radius 3 is 2.11 bits per heavy atom. The van der Waals surface area contributed by atoms with Crippen LogP contribution in [-0.2, 0) is 14.6 Å². The Kier molecular flexibility index (Phi) is 7.31. The van der Waals surface area contributed by atoms with E-state index >= 15 is 0 Å². The summed E-state index contributed by atoms with van der Waals surface area (Å²) in [6.45, 7) is 2.71. The van der Waals surface area contributed by atoms with Crippen molar-refractivity contribution in [1.29, 1.82) is 0 Å². The lowest BCUT2D eigenvalue weighted by Crippen LogP contribution is -2.49. The van der Waals surface area contributed by atoms with Crippen LogP contribution in [0.2, 0.25) is 0 Å². The average molecular weight is 528 g/mol. The Morgan fingerprint density at radius 2 is 1.54 bits per heavy atom. The number of carbonyl (C=O) groups is 2. The van der Waals surface area contributed by atoms with Gasteiger partial charge in [0, 0.05) is 57.7 Å². The predicted octanol–water partition coefficient (Wildman–Crippen LogP) is 3.98. The third-order valence-corrected chi connectivity index (χ3v) is 7.61. The molecule has 0 N–H and O–H groups in total. The fourth-order valence-electron chi connectivity index (χ4n) is 4.28. The number of amides is 2. The number of nitrogens with zero attached hydrogens (tertiary/aromatic N) is 3. The number of sulfone groups is 1. The van der Waals surface area contributed by atoms with E-state index in [1.54, 1.807) is 30.1 Å². The second-order valence-electron chi connectivity index (χ2n) is 8.98. The van der Waals surface area contributed by atoms with Gasteiger partial charge in [0.05, 0.1) is 10.6 Å². The van der Waals surface area contributed by atoms with Crippen LogP contribution < -0.4 is 9.80 Å². The van der Waals surface area contributed by atoms with Crippen molar-refractivity contribution in [2.75, 3.05) is 49.3 Å². The van der Waals surface area contributed by atoms with E-state index < -0.39 is 21.5 Å². The van der Waals surface area contributed by atoms with Gasteiger partial charge in [-0.05, 0) is 53.6 Å². The third kappa shape index (κ3) is 5.64. The number of piperazine rings is 1. The molecule has 0 radical (unpaired) electrons. The van der Waals surface area contributed by atoms with Gasteiger partial charge in [0.25, 0.3) is 5.91 Å². The highest BCUT2D eigenvalue weighted by Gasteiger charge is 2.27. The van der Waals surface area contributed by atoms with E-state index in [1.807, 2.05) is 4.90 Å². The second kappa shape index (κ2) is 10.3. The summed E-state index contributed by atoms with van der Waals surface area (Å²) in [6.07, 6.45) is 1.07. The first-order chi connectivity index (χ1) is 17.5. The molecule has 1 aliphatic rings. The fourth-order valence-corrected chi connectivity index (χ4v) is 4.92. The Hall–Kier alpha value is -3.79. The first-order valence-corrected chi connectivity index (χ1v) is 13.5. The number of carbonyl (C=O) groups excluding carboxylic acids is 2. The summed E-state index contributed by atoms with van der Waals surface area (Å²) in [5, 5.41) is 0. The predicted molar refractivity (Wildman–Crippen MR) is 139 cm³/mol. The molecule has 0 bridgehead atoms. The smallest absolute Gasteiger partial charge is 0.254 e. The first kappa shape index (κ1) is 26.3. The molecule has 3 aromatic rings. The maximum Gasteiger partial charge on any atom is 0.254 e. The average Bonchev–Trinajstić information content (AvgIpc) is 2.87. The van der Waals surface area contributed by atoms with Crippen molar-refractivity contribution in [3.8, 4) is 11.1 Å². The van der Waals surface area contributed by atoms with E-state index in [-0.39, 0.29) is 22.3 Å². The minimum absolute atomic E-state index is 0.0121. The largest absolute Gasteiger partial charge is 0.366 e. The van der Waals surface area contributed by atoms with Crippen molar-refractivity contribution in [1.82, 2.24) is 4.90 Å². The van der Waals surface area contributed by atoms with Crippen molar-refractivity contribution < 1.29 is 26.8 Å². The standard InChI is InChI=1S/C27H27F2N3O4S/c1-18(33)30(2)21-8-11-26(25(29)16-21)31-12-14-32(15-13-31)27(34)24-17-22(37(3,35)36)9-10-23(24)19-4-6-20(28)7-5-19/h4-11,16-17H,12-15H2,1-3H3. The molecule has 1 aliphatic heterocycles. The number of hydrogen-bond donors (Lipinski definition) is 0. The van der Waals surface area contributed by atoms with Gasteiger partial charge in [0.2, 0.25) is 5.91 Å². The van der Waals surface area contributed by atoms with Crippen LogP contribution in [0.1, 0.15) is 17.3 Å². The maximum atomic E-state index is 14.9. The van der Waals surface area contributed by atoms with Gasteiger partial charge >= 0.3 is 0 Å². The highest BCUT2D eigenvalue weighted by Crippen LogP contribution is 2.30. The molecule has 37 heavy (non-hydrogen) atoms. The maximum absolute atomic E-state index is 14.9. The van der Waals surface area contributed by atoms with Crippen molar-refractivity contribution in [2.24, 2.45) is 0 Å². The number of anilines is 2. The van der Waals surface area contributed by atoms with Crippen LogP contribution in [0.4, 0.5) is 20.2 Å². The van der Waals surface area contributed by atoms with Crippen LogP contribution in [0.25, 0.3) is 11.1 Å². The van der Waals surface area contributed by atoms with Crippen molar-refractivity contribution >= 4 is 33.0 Å². The van der Waals surface area contributed by atoms with Crippen molar-refractivity contribution in [3.63, 3.8) is 0 Å². The Bertz CT molecular complexity index is 1450. The first-order valence-electron chi connectivity index (χ1n) is 11.6.